The van der Waals surface area contributed by atoms with E-state index in [-0.39, 0.29) is 0 Å². The van der Waals surface area contributed by atoms with Crippen LogP contribution < -0.4 is 5.73 Å². The molecule has 0 aliphatic rings. The quantitative estimate of drug-likeness (QED) is 0.833. The number of thiophene rings is 1. The molecule has 2 heterocycles. The van der Waals surface area contributed by atoms with Gasteiger partial charge in [0, 0.05) is 11.1 Å². The van der Waals surface area contributed by atoms with Crippen molar-refractivity contribution in [3.8, 4) is 0 Å². The smallest absolute Gasteiger partial charge is 0.0827 e. The van der Waals surface area contributed by atoms with E-state index < -0.39 is 0 Å². The van der Waals surface area contributed by atoms with E-state index in [1.807, 2.05) is 10.9 Å². The number of halogens is 1. The fraction of sp³-hybridized carbons (Fsp3) is 0.455. The van der Waals surface area contributed by atoms with Gasteiger partial charge in [0.05, 0.1) is 16.0 Å². The standard InChI is InChI=1S/C11H15BrN4S/c12-11-5-4-10(17-11)8-16-7-9(14-15-16)3-1-2-6-13/h4-5,7H,1-3,6,8,13H2. The van der Waals surface area contributed by atoms with Crippen LogP contribution in [0.25, 0.3) is 0 Å². The molecule has 4 nitrogen and oxygen atoms in total. The van der Waals surface area contributed by atoms with Crippen LogP contribution in [-0.2, 0) is 13.0 Å². The first-order chi connectivity index (χ1) is 8.28. The van der Waals surface area contributed by atoms with Crippen LogP contribution in [0.3, 0.4) is 0 Å². The minimum absolute atomic E-state index is 0.747. The molecule has 0 saturated carbocycles. The molecule has 0 unspecified atom stereocenters. The summed E-state index contributed by atoms with van der Waals surface area (Å²) >= 11 is 5.18. The molecule has 0 aliphatic heterocycles. The summed E-state index contributed by atoms with van der Waals surface area (Å²) in [5.41, 5.74) is 6.51. The number of aromatic nitrogens is 3. The molecule has 0 amide bonds. The summed E-state index contributed by atoms with van der Waals surface area (Å²) in [5, 5.41) is 8.28. The predicted molar refractivity (Wildman–Crippen MR) is 73.1 cm³/mol. The normalized spacial score (nSPS) is 10.9. The zero-order valence-electron chi connectivity index (χ0n) is 9.47. The van der Waals surface area contributed by atoms with Gasteiger partial charge in [-0.15, -0.1) is 16.4 Å². The molecule has 0 saturated heterocycles. The Balaban J connectivity index is 1.89. The van der Waals surface area contributed by atoms with Crippen LogP contribution in [0.4, 0.5) is 0 Å². The Bertz CT molecular complexity index is 465. The third kappa shape index (κ3) is 3.90. The molecule has 6 heteroatoms. The Hall–Kier alpha value is -0.720. The highest BCUT2D eigenvalue weighted by Gasteiger charge is 2.03. The van der Waals surface area contributed by atoms with E-state index in [4.69, 9.17) is 5.73 Å². The van der Waals surface area contributed by atoms with Gasteiger partial charge in [0.25, 0.3) is 0 Å². The van der Waals surface area contributed by atoms with Gasteiger partial charge in [-0.2, -0.15) is 0 Å². The summed E-state index contributed by atoms with van der Waals surface area (Å²) in [7, 11) is 0. The predicted octanol–water partition coefficient (Wildman–Crippen LogP) is 2.43. The summed E-state index contributed by atoms with van der Waals surface area (Å²) in [6.45, 7) is 1.54. The van der Waals surface area contributed by atoms with E-state index in [1.165, 1.54) is 4.88 Å². The minimum atomic E-state index is 0.747. The second-order valence-corrected chi connectivity index (χ2v) is 6.41. The third-order valence-corrected chi connectivity index (χ3v) is 4.03. The second kappa shape index (κ2) is 6.28. The van der Waals surface area contributed by atoms with Gasteiger partial charge < -0.3 is 5.73 Å². The molecule has 17 heavy (non-hydrogen) atoms. The number of unbranched alkanes of at least 4 members (excludes halogenated alkanes) is 1. The van der Waals surface area contributed by atoms with Crippen molar-refractivity contribution in [3.63, 3.8) is 0 Å². The Morgan fingerprint density at radius 3 is 2.94 bits per heavy atom. The van der Waals surface area contributed by atoms with E-state index in [9.17, 15) is 0 Å². The van der Waals surface area contributed by atoms with Crippen LogP contribution in [0.2, 0.25) is 0 Å². The molecule has 92 valence electrons. The Labute approximate surface area is 113 Å². The third-order valence-electron chi connectivity index (χ3n) is 2.42. The molecular formula is C11H15BrN4S. The number of aryl methyl sites for hydroxylation is 1. The van der Waals surface area contributed by atoms with E-state index in [2.05, 4.69) is 38.4 Å². The summed E-state index contributed by atoms with van der Waals surface area (Å²) in [4.78, 5) is 1.27. The van der Waals surface area contributed by atoms with E-state index in [1.54, 1.807) is 11.3 Å². The molecular weight excluding hydrogens is 300 g/mol. The number of nitrogens with zero attached hydrogens (tertiary/aromatic N) is 3. The van der Waals surface area contributed by atoms with Gasteiger partial charge in [-0.25, -0.2) is 4.68 Å². The first-order valence-electron chi connectivity index (χ1n) is 5.61. The lowest BCUT2D eigenvalue weighted by molar-refractivity contribution is 0.654. The minimum Gasteiger partial charge on any atom is -0.330 e. The zero-order valence-corrected chi connectivity index (χ0v) is 11.9. The summed E-state index contributed by atoms with van der Waals surface area (Å²) < 4.78 is 3.03. The first kappa shape index (κ1) is 12.7. The maximum atomic E-state index is 5.46. The van der Waals surface area contributed by atoms with Crippen LogP contribution in [0.15, 0.2) is 22.1 Å². The Morgan fingerprint density at radius 1 is 1.35 bits per heavy atom. The number of hydrogen-bond acceptors (Lipinski definition) is 4. The molecule has 2 aromatic heterocycles. The molecule has 2 aromatic rings. The average Bonchev–Trinajstić information content (AvgIpc) is 2.90. The van der Waals surface area contributed by atoms with Crippen LogP contribution >= 0.6 is 27.3 Å². The Morgan fingerprint density at radius 2 is 2.24 bits per heavy atom. The highest BCUT2D eigenvalue weighted by atomic mass is 79.9. The molecule has 0 bridgehead atoms. The molecule has 0 fully saturated rings. The van der Waals surface area contributed by atoms with Gasteiger partial charge >= 0.3 is 0 Å². The van der Waals surface area contributed by atoms with E-state index in [0.717, 1.165) is 41.8 Å². The summed E-state index contributed by atoms with van der Waals surface area (Å²) in [5.74, 6) is 0. The Kier molecular flexibility index (Phi) is 4.70. The molecule has 0 aromatic carbocycles. The highest BCUT2D eigenvalue weighted by Crippen LogP contribution is 2.22. The van der Waals surface area contributed by atoms with Gasteiger partial charge in [-0.3, -0.25) is 0 Å². The lowest BCUT2D eigenvalue weighted by Crippen LogP contribution is -1.99. The summed E-state index contributed by atoms with van der Waals surface area (Å²) in [6.07, 6.45) is 5.11. The van der Waals surface area contributed by atoms with E-state index >= 15 is 0 Å². The van der Waals surface area contributed by atoms with Crippen molar-refractivity contribution < 1.29 is 0 Å². The molecule has 0 aliphatic carbocycles. The number of hydrogen-bond donors (Lipinski definition) is 1. The van der Waals surface area contributed by atoms with Gasteiger partial charge in [0.2, 0.25) is 0 Å². The number of rotatable bonds is 6. The maximum Gasteiger partial charge on any atom is 0.0827 e. The fourth-order valence-electron chi connectivity index (χ4n) is 1.58. The average molecular weight is 315 g/mol. The van der Waals surface area contributed by atoms with E-state index in [0.29, 0.717) is 0 Å². The SMILES string of the molecule is NCCCCc1cn(Cc2ccc(Br)s2)nn1. The molecule has 0 spiro atoms. The van der Waals surface area contributed by atoms with Gasteiger partial charge in [-0.1, -0.05) is 5.21 Å². The monoisotopic (exact) mass is 314 g/mol. The van der Waals surface area contributed by atoms with Gasteiger partial charge in [-0.05, 0) is 53.9 Å². The molecule has 2 N–H and O–H groups in total. The van der Waals surface area contributed by atoms with Crippen molar-refractivity contribution in [1.82, 2.24) is 15.0 Å². The molecule has 0 radical (unpaired) electrons. The summed E-state index contributed by atoms with van der Waals surface area (Å²) in [6, 6.07) is 4.16. The molecule has 0 atom stereocenters. The van der Waals surface area contributed by atoms with Crippen LogP contribution in [0, 0.1) is 0 Å². The highest BCUT2D eigenvalue weighted by molar-refractivity contribution is 9.11. The fourth-order valence-corrected chi connectivity index (χ4v) is 3.05. The van der Waals surface area contributed by atoms with Crippen LogP contribution in [0.1, 0.15) is 23.4 Å². The van der Waals surface area contributed by atoms with Crippen molar-refractivity contribution in [3.05, 3.63) is 32.7 Å². The molecule has 2 rings (SSSR count). The first-order valence-corrected chi connectivity index (χ1v) is 7.22. The van der Waals surface area contributed by atoms with Crippen molar-refractivity contribution >= 4 is 27.3 Å². The largest absolute Gasteiger partial charge is 0.330 e. The second-order valence-electron chi connectivity index (χ2n) is 3.86. The van der Waals surface area contributed by atoms with Crippen molar-refractivity contribution in [2.24, 2.45) is 5.73 Å². The lowest BCUT2D eigenvalue weighted by Gasteiger charge is -1.95. The maximum absolute atomic E-state index is 5.46. The van der Waals surface area contributed by atoms with Crippen LogP contribution in [0.5, 0.6) is 0 Å². The van der Waals surface area contributed by atoms with Crippen molar-refractivity contribution in [2.45, 2.75) is 25.8 Å². The zero-order chi connectivity index (χ0) is 12.1. The van der Waals surface area contributed by atoms with Gasteiger partial charge in [0.15, 0.2) is 0 Å². The van der Waals surface area contributed by atoms with Crippen molar-refractivity contribution in [1.29, 1.82) is 0 Å². The van der Waals surface area contributed by atoms with Crippen LogP contribution in [-0.4, -0.2) is 21.5 Å². The lowest BCUT2D eigenvalue weighted by atomic mass is 10.2. The van der Waals surface area contributed by atoms with Gasteiger partial charge in [0.1, 0.15) is 0 Å². The topological polar surface area (TPSA) is 56.7 Å². The van der Waals surface area contributed by atoms with Crippen molar-refractivity contribution in [2.75, 3.05) is 6.54 Å². The number of nitrogens with two attached hydrogens (primary N) is 1.